The highest BCUT2D eigenvalue weighted by Crippen LogP contribution is 2.22. The van der Waals surface area contributed by atoms with Crippen LogP contribution in [0.4, 0.5) is 11.4 Å². The molecule has 5 heteroatoms. The summed E-state index contributed by atoms with van der Waals surface area (Å²) in [5, 5.41) is 15.3. The SMILES string of the molecule is Cc1cc(NCc2ccc3[nH]ccc3c2)ccc1[N+](=O)[O-]. The van der Waals surface area contributed by atoms with Crippen LogP contribution in [0.25, 0.3) is 10.9 Å². The van der Waals surface area contributed by atoms with Gasteiger partial charge in [0.15, 0.2) is 0 Å². The number of hydrogen-bond donors (Lipinski definition) is 2. The van der Waals surface area contributed by atoms with Crippen LogP contribution in [0.3, 0.4) is 0 Å². The Morgan fingerprint density at radius 1 is 1.19 bits per heavy atom. The Labute approximate surface area is 121 Å². The molecule has 1 heterocycles. The van der Waals surface area contributed by atoms with Gasteiger partial charge in [-0.1, -0.05) is 6.07 Å². The van der Waals surface area contributed by atoms with Gasteiger partial charge in [0.2, 0.25) is 0 Å². The van der Waals surface area contributed by atoms with Crippen LogP contribution >= 0.6 is 0 Å². The monoisotopic (exact) mass is 281 g/mol. The quantitative estimate of drug-likeness (QED) is 0.561. The van der Waals surface area contributed by atoms with Crippen molar-refractivity contribution in [2.75, 3.05) is 5.32 Å². The minimum Gasteiger partial charge on any atom is -0.381 e. The molecule has 2 N–H and O–H groups in total. The Kier molecular flexibility index (Phi) is 3.31. The summed E-state index contributed by atoms with van der Waals surface area (Å²) in [7, 11) is 0. The minimum atomic E-state index is -0.362. The maximum atomic E-state index is 10.8. The van der Waals surface area contributed by atoms with Crippen molar-refractivity contribution in [1.82, 2.24) is 4.98 Å². The number of nitrogens with one attached hydrogen (secondary N) is 2. The average Bonchev–Trinajstić information content (AvgIpc) is 2.92. The number of nitro benzene ring substituents is 1. The molecule has 2 aromatic carbocycles. The van der Waals surface area contributed by atoms with Crippen molar-refractivity contribution in [3.05, 3.63) is 69.9 Å². The molecule has 3 rings (SSSR count). The molecule has 3 aromatic rings. The van der Waals surface area contributed by atoms with E-state index in [1.807, 2.05) is 18.3 Å². The van der Waals surface area contributed by atoms with E-state index in [1.165, 1.54) is 11.5 Å². The molecule has 0 spiro atoms. The van der Waals surface area contributed by atoms with Crippen molar-refractivity contribution >= 4 is 22.3 Å². The third-order valence-electron chi connectivity index (χ3n) is 3.51. The Bertz CT molecular complexity index is 808. The number of aromatic amines is 1. The number of H-pyrrole nitrogens is 1. The van der Waals surface area contributed by atoms with Gasteiger partial charge < -0.3 is 10.3 Å². The Balaban J connectivity index is 1.75. The minimum absolute atomic E-state index is 0.147. The van der Waals surface area contributed by atoms with Gasteiger partial charge in [-0.3, -0.25) is 10.1 Å². The van der Waals surface area contributed by atoms with Gasteiger partial charge >= 0.3 is 0 Å². The number of aryl methyl sites for hydroxylation is 1. The first-order valence-corrected chi connectivity index (χ1v) is 6.68. The summed E-state index contributed by atoms with van der Waals surface area (Å²) in [4.78, 5) is 13.6. The standard InChI is InChI=1S/C16H15N3O2/c1-11-8-14(3-5-16(11)19(20)21)18-10-12-2-4-15-13(9-12)6-7-17-15/h2-9,17-18H,10H2,1H3. The summed E-state index contributed by atoms with van der Waals surface area (Å²) >= 11 is 0. The molecule has 0 fully saturated rings. The topological polar surface area (TPSA) is 71.0 Å². The summed E-state index contributed by atoms with van der Waals surface area (Å²) in [5.74, 6) is 0. The molecule has 106 valence electrons. The van der Waals surface area contributed by atoms with E-state index in [1.54, 1.807) is 19.1 Å². The van der Waals surface area contributed by atoms with Crippen molar-refractivity contribution in [2.24, 2.45) is 0 Å². The van der Waals surface area contributed by atoms with E-state index in [4.69, 9.17) is 0 Å². The Hall–Kier alpha value is -2.82. The van der Waals surface area contributed by atoms with Crippen LogP contribution in [0.1, 0.15) is 11.1 Å². The summed E-state index contributed by atoms with van der Waals surface area (Å²) < 4.78 is 0. The fraction of sp³-hybridized carbons (Fsp3) is 0.125. The smallest absolute Gasteiger partial charge is 0.272 e. The van der Waals surface area contributed by atoms with Gasteiger partial charge in [0, 0.05) is 35.6 Å². The Morgan fingerprint density at radius 3 is 2.81 bits per heavy atom. The highest BCUT2D eigenvalue weighted by Gasteiger charge is 2.09. The van der Waals surface area contributed by atoms with Crippen LogP contribution in [-0.4, -0.2) is 9.91 Å². The third-order valence-corrected chi connectivity index (χ3v) is 3.51. The number of hydrogen-bond acceptors (Lipinski definition) is 3. The van der Waals surface area contributed by atoms with Crippen LogP contribution in [-0.2, 0) is 6.54 Å². The summed E-state index contributed by atoms with van der Waals surface area (Å²) in [6, 6.07) is 13.3. The van der Waals surface area contributed by atoms with E-state index < -0.39 is 0 Å². The molecule has 0 aliphatic rings. The zero-order chi connectivity index (χ0) is 14.8. The van der Waals surface area contributed by atoms with Crippen molar-refractivity contribution in [3.63, 3.8) is 0 Å². The Morgan fingerprint density at radius 2 is 2.05 bits per heavy atom. The van der Waals surface area contributed by atoms with Crippen LogP contribution in [0, 0.1) is 17.0 Å². The maximum absolute atomic E-state index is 10.8. The molecule has 1 aromatic heterocycles. The first kappa shape index (κ1) is 13.2. The molecule has 0 aliphatic heterocycles. The molecule has 0 bridgehead atoms. The lowest BCUT2D eigenvalue weighted by Crippen LogP contribution is -2.00. The van der Waals surface area contributed by atoms with Gasteiger partial charge in [0.05, 0.1) is 4.92 Å². The van der Waals surface area contributed by atoms with Gasteiger partial charge in [0.25, 0.3) is 5.69 Å². The summed E-state index contributed by atoms with van der Waals surface area (Å²) in [6.07, 6.45) is 1.92. The zero-order valence-electron chi connectivity index (χ0n) is 11.6. The van der Waals surface area contributed by atoms with Crippen molar-refractivity contribution in [1.29, 1.82) is 0 Å². The van der Waals surface area contributed by atoms with Gasteiger partial charge in [-0.15, -0.1) is 0 Å². The fourth-order valence-electron chi connectivity index (χ4n) is 2.39. The number of benzene rings is 2. The maximum Gasteiger partial charge on any atom is 0.272 e. The molecule has 0 unspecified atom stereocenters. The second kappa shape index (κ2) is 5.28. The molecule has 0 aliphatic carbocycles. The van der Waals surface area contributed by atoms with Crippen molar-refractivity contribution in [3.8, 4) is 0 Å². The summed E-state index contributed by atoms with van der Waals surface area (Å²) in [6.45, 7) is 2.42. The first-order chi connectivity index (χ1) is 10.1. The predicted octanol–water partition coefficient (Wildman–Crippen LogP) is 4.00. The predicted molar refractivity (Wildman–Crippen MR) is 83.5 cm³/mol. The van der Waals surface area contributed by atoms with Gasteiger partial charge in [-0.25, -0.2) is 0 Å². The molecular weight excluding hydrogens is 266 g/mol. The fourth-order valence-corrected chi connectivity index (χ4v) is 2.39. The molecule has 0 amide bonds. The van der Waals surface area contributed by atoms with Crippen LogP contribution in [0.5, 0.6) is 0 Å². The highest BCUT2D eigenvalue weighted by molar-refractivity contribution is 5.80. The first-order valence-electron chi connectivity index (χ1n) is 6.68. The van der Waals surface area contributed by atoms with E-state index in [0.717, 1.165) is 16.8 Å². The molecule has 0 radical (unpaired) electrons. The number of anilines is 1. The molecule has 0 atom stereocenters. The van der Waals surface area contributed by atoms with E-state index in [-0.39, 0.29) is 10.6 Å². The largest absolute Gasteiger partial charge is 0.381 e. The normalized spacial score (nSPS) is 10.7. The number of aromatic nitrogens is 1. The van der Waals surface area contributed by atoms with E-state index in [9.17, 15) is 10.1 Å². The number of fused-ring (bicyclic) bond motifs is 1. The molecule has 0 saturated heterocycles. The van der Waals surface area contributed by atoms with Crippen molar-refractivity contribution < 1.29 is 4.92 Å². The second-order valence-corrected chi connectivity index (χ2v) is 5.01. The van der Waals surface area contributed by atoms with Gasteiger partial charge in [0.1, 0.15) is 0 Å². The lowest BCUT2D eigenvalue weighted by Gasteiger charge is -2.08. The lowest BCUT2D eigenvalue weighted by molar-refractivity contribution is -0.385. The second-order valence-electron chi connectivity index (χ2n) is 5.01. The lowest BCUT2D eigenvalue weighted by atomic mass is 10.1. The molecule has 21 heavy (non-hydrogen) atoms. The summed E-state index contributed by atoms with van der Waals surface area (Å²) in [5.41, 5.74) is 3.97. The van der Waals surface area contributed by atoms with Gasteiger partial charge in [-0.05, 0) is 48.2 Å². The number of rotatable bonds is 4. The van der Waals surface area contributed by atoms with Gasteiger partial charge in [-0.2, -0.15) is 0 Å². The van der Waals surface area contributed by atoms with Crippen LogP contribution in [0.2, 0.25) is 0 Å². The van der Waals surface area contributed by atoms with E-state index in [2.05, 4.69) is 22.4 Å². The van der Waals surface area contributed by atoms with E-state index in [0.29, 0.717) is 12.1 Å². The molecular formula is C16H15N3O2. The third kappa shape index (κ3) is 2.72. The molecule has 5 nitrogen and oxygen atoms in total. The number of nitrogens with zero attached hydrogens (tertiary/aromatic N) is 1. The highest BCUT2D eigenvalue weighted by atomic mass is 16.6. The van der Waals surface area contributed by atoms with Crippen molar-refractivity contribution in [2.45, 2.75) is 13.5 Å². The number of nitro groups is 1. The average molecular weight is 281 g/mol. The zero-order valence-corrected chi connectivity index (χ0v) is 11.6. The molecule has 0 saturated carbocycles. The van der Waals surface area contributed by atoms with Crippen LogP contribution < -0.4 is 5.32 Å². The van der Waals surface area contributed by atoms with Crippen LogP contribution in [0.15, 0.2) is 48.7 Å². The van der Waals surface area contributed by atoms with E-state index >= 15 is 0 Å².